The molecule has 0 bridgehead atoms. The molecule has 0 heterocycles. The van der Waals surface area contributed by atoms with Gasteiger partial charge in [0.25, 0.3) is 0 Å². The van der Waals surface area contributed by atoms with Gasteiger partial charge in [0, 0.05) is 6.08 Å². The molecule has 0 aliphatic rings. The lowest BCUT2D eigenvalue weighted by Crippen LogP contribution is -2.43. The molecule has 0 rings (SSSR count). The number of carbonyl (C=O) groups is 2. The molecule has 0 saturated carbocycles. The highest BCUT2D eigenvalue weighted by molar-refractivity contribution is 5.82. The first-order chi connectivity index (χ1) is 9.19. The van der Waals surface area contributed by atoms with Gasteiger partial charge in [-0.1, -0.05) is 6.08 Å². The number of aliphatic hydroxyl groups excluding tert-OH is 1. The molecule has 6 nitrogen and oxygen atoms in total. The van der Waals surface area contributed by atoms with Crippen molar-refractivity contribution >= 4 is 12.1 Å². The number of hydrogen-bond donors (Lipinski definition) is 2. The van der Waals surface area contributed by atoms with Gasteiger partial charge in [0.15, 0.2) is 0 Å². The zero-order valence-electron chi connectivity index (χ0n) is 12.4. The average Bonchev–Trinajstić information content (AvgIpc) is 2.31. The van der Waals surface area contributed by atoms with Crippen molar-refractivity contribution in [3.63, 3.8) is 0 Å². The number of esters is 1. The molecule has 0 aromatic carbocycles. The quantitative estimate of drug-likeness (QED) is 0.439. The molecule has 0 unspecified atom stereocenters. The molecule has 6 heteroatoms. The lowest BCUT2D eigenvalue weighted by Gasteiger charge is -2.23. The van der Waals surface area contributed by atoms with E-state index in [4.69, 9.17) is 4.74 Å². The lowest BCUT2D eigenvalue weighted by molar-refractivity contribution is -0.137. The SMILES string of the molecule is C=C[C@@H](NC(=O)OC(C)(C)C)[C@@H](O)/C=C/C(=O)OCC. The maximum atomic E-state index is 11.6. The molecular formula is C14H23NO5. The number of ether oxygens (including phenoxy) is 2. The molecular weight excluding hydrogens is 262 g/mol. The monoisotopic (exact) mass is 285 g/mol. The summed E-state index contributed by atoms with van der Waals surface area (Å²) in [4.78, 5) is 22.7. The van der Waals surface area contributed by atoms with Gasteiger partial charge in [-0.15, -0.1) is 6.58 Å². The Kier molecular flexibility index (Phi) is 7.61. The summed E-state index contributed by atoms with van der Waals surface area (Å²) >= 11 is 0. The fraction of sp³-hybridized carbons (Fsp3) is 0.571. The van der Waals surface area contributed by atoms with E-state index >= 15 is 0 Å². The minimum Gasteiger partial charge on any atom is -0.463 e. The van der Waals surface area contributed by atoms with E-state index < -0.39 is 29.8 Å². The van der Waals surface area contributed by atoms with Gasteiger partial charge in [-0.05, 0) is 33.8 Å². The topological polar surface area (TPSA) is 84.9 Å². The van der Waals surface area contributed by atoms with Crippen molar-refractivity contribution in [1.82, 2.24) is 5.32 Å². The molecule has 2 atom stereocenters. The summed E-state index contributed by atoms with van der Waals surface area (Å²) in [5.41, 5.74) is -0.637. The van der Waals surface area contributed by atoms with Crippen molar-refractivity contribution in [1.29, 1.82) is 0 Å². The molecule has 0 aromatic heterocycles. The Labute approximate surface area is 119 Å². The standard InChI is InChI=1S/C14H23NO5/c1-6-10(15-13(18)20-14(3,4)5)11(16)8-9-12(17)19-7-2/h6,8-11,16H,1,7H2,2-5H3,(H,15,18)/b9-8+/t10-,11+/m1/s1. The molecule has 0 saturated heterocycles. The van der Waals surface area contributed by atoms with Crippen molar-refractivity contribution in [3.05, 3.63) is 24.8 Å². The van der Waals surface area contributed by atoms with Gasteiger partial charge in [0.1, 0.15) is 5.60 Å². The molecule has 114 valence electrons. The van der Waals surface area contributed by atoms with Crippen LogP contribution in [0.25, 0.3) is 0 Å². The van der Waals surface area contributed by atoms with Gasteiger partial charge in [0.05, 0.1) is 18.8 Å². The number of rotatable bonds is 6. The van der Waals surface area contributed by atoms with Crippen molar-refractivity contribution in [2.75, 3.05) is 6.61 Å². The third-order valence-corrected chi connectivity index (χ3v) is 2.02. The predicted octanol–water partition coefficient (Wildman–Crippen LogP) is 1.55. The zero-order chi connectivity index (χ0) is 15.8. The van der Waals surface area contributed by atoms with E-state index in [0.717, 1.165) is 6.08 Å². The molecule has 20 heavy (non-hydrogen) atoms. The van der Waals surface area contributed by atoms with Crippen LogP contribution in [0.3, 0.4) is 0 Å². The van der Waals surface area contributed by atoms with Gasteiger partial charge >= 0.3 is 12.1 Å². The lowest BCUT2D eigenvalue weighted by atomic mass is 10.1. The second-order valence-electron chi connectivity index (χ2n) is 5.01. The van der Waals surface area contributed by atoms with Crippen molar-refractivity contribution in [3.8, 4) is 0 Å². The third-order valence-electron chi connectivity index (χ3n) is 2.02. The van der Waals surface area contributed by atoms with Gasteiger partial charge < -0.3 is 19.9 Å². The summed E-state index contributed by atoms with van der Waals surface area (Å²) in [6, 6.07) is -0.768. The molecule has 1 amide bonds. The first-order valence-electron chi connectivity index (χ1n) is 6.34. The number of carbonyl (C=O) groups excluding carboxylic acids is 2. The van der Waals surface area contributed by atoms with E-state index in [1.54, 1.807) is 27.7 Å². The fourth-order valence-corrected chi connectivity index (χ4v) is 1.21. The Morgan fingerprint density at radius 3 is 2.45 bits per heavy atom. The number of amides is 1. The second kappa shape index (κ2) is 8.37. The molecule has 0 spiro atoms. The zero-order valence-corrected chi connectivity index (χ0v) is 12.4. The average molecular weight is 285 g/mol. The highest BCUT2D eigenvalue weighted by Crippen LogP contribution is 2.07. The third kappa shape index (κ3) is 8.31. The summed E-state index contributed by atoms with van der Waals surface area (Å²) in [7, 11) is 0. The largest absolute Gasteiger partial charge is 0.463 e. The van der Waals surface area contributed by atoms with Crippen LogP contribution in [-0.4, -0.2) is 41.5 Å². The summed E-state index contributed by atoms with van der Waals surface area (Å²) in [5.74, 6) is -0.563. The van der Waals surface area contributed by atoms with Crippen LogP contribution in [0, 0.1) is 0 Å². The highest BCUT2D eigenvalue weighted by Gasteiger charge is 2.21. The first kappa shape index (κ1) is 18.2. The number of hydrogen-bond acceptors (Lipinski definition) is 5. The Hall–Kier alpha value is -1.82. The molecule has 2 N–H and O–H groups in total. The van der Waals surface area contributed by atoms with Crippen LogP contribution in [0.4, 0.5) is 4.79 Å². The molecule has 0 radical (unpaired) electrons. The molecule has 0 fully saturated rings. The van der Waals surface area contributed by atoms with Crippen LogP contribution in [0.2, 0.25) is 0 Å². The minimum atomic E-state index is -1.11. The number of alkyl carbamates (subject to hydrolysis) is 1. The second-order valence-corrected chi connectivity index (χ2v) is 5.01. The first-order valence-corrected chi connectivity index (χ1v) is 6.34. The van der Waals surface area contributed by atoms with Gasteiger partial charge in [-0.25, -0.2) is 9.59 Å². The summed E-state index contributed by atoms with van der Waals surface area (Å²) in [5, 5.41) is 12.3. The number of aliphatic hydroxyl groups is 1. The van der Waals surface area contributed by atoms with E-state index in [1.807, 2.05) is 0 Å². The maximum absolute atomic E-state index is 11.6. The molecule has 0 aliphatic heterocycles. The van der Waals surface area contributed by atoms with E-state index in [9.17, 15) is 14.7 Å². The van der Waals surface area contributed by atoms with Gasteiger partial charge in [0.2, 0.25) is 0 Å². The Balaban J connectivity index is 4.48. The molecule has 0 aromatic rings. The Morgan fingerprint density at radius 1 is 1.40 bits per heavy atom. The van der Waals surface area contributed by atoms with Crippen molar-refractivity contribution in [2.45, 2.75) is 45.4 Å². The Morgan fingerprint density at radius 2 is 2.00 bits per heavy atom. The van der Waals surface area contributed by atoms with Crippen LogP contribution < -0.4 is 5.32 Å². The van der Waals surface area contributed by atoms with Crippen LogP contribution in [0.1, 0.15) is 27.7 Å². The summed E-state index contributed by atoms with van der Waals surface area (Å²) in [6.45, 7) is 10.6. The smallest absolute Gasteiger partial charge is 0.408 e. The van der Waals surface area contributed by atoms with E-state index in [2.05, 4.69) is 16.6 Å². The van der Waals surface area contributed by atoms with E-state index in [0.29, 0.717) is 0 Å². The van der Waals surface area contributed by atoms with Crippen LogP contribution in [0.15, 0.2) is 24.8 Å². The van der Waals surface area contributed by atoms with Gasteiger partial charge in [-0.3, -0.25) is 0 Å². The molecule has 0 aliphatic carbocycles. The highest BCUT2D eigenvalue weighted by atomic mass is 16.6. The minimum absolute atomic E-state index is 0.250. The van der Waals surface area contributed by atoms with Crippen LogP contribution in [0.5, 0.6) is 0 Å². The number of nitrogens with one attached hydrogen (secondary N) is 1. The van der Waals surface area contributed by atoms with E-state index in [1.165, 1.54) is 12.2 Å². The maximum Gasteiger partial charge on any atom is 0.408 e. The van der Waals surface area contributed by atoms with Gasteiger partial charge in [-0.2, -0.15) is 0 Å². The van der Waals surface area contributed by atoms with E-state index in [-0.39, 0.29) is 6.61 Å². The van der Waals surface area contributed by atoms with Crippen LogP contribution >= 0.6 is 0 Å². The Bertz CT molecular complexity index is 370. The van der Waals surface area contributed by atoms with Crippen molar-refractivity contribution in [2.24, 2.45) is 0 Å². The predicted molar refractivity (Wildman–Crippen MR) is 75.1 cm³/mol. The van der Waals surface area contributed by atoms with Crippen molar-refractivity contribution < 1.29 is 24.2 Å². The fourth-order valence-electron chi connectivity index (χ4n) is 1.21. The summed E-state index contributed by atoms with van der Waals surface area (Å²) in [6.07, 6.45) is 1.89. The summed E-state index contributed by atoms with van der Waals surface area (Å²) < 4.78 is 9.74. The van der Waals surface area contributed by atoms with Crippen LogP contribution in [-0.2, 0) is 14.3 Å². The normalized spacial score (nSPS) is 14.4.